The number of ketones is 1. The number of nitrogens with zero attached hydrogens (tertiary/aromatic N) is 1. The summed E-state index contributed by atoms with van der Waals surface area (Å²) < 4.78 is 0. The van der Waals surface area contributed by atoms with Crippen molar-refractivity contribution >= 4 is 23.0 Å². The molecule has 1 aromatic heterocycles. The summed E-state index contributed by atoms with van der Waals surface area (Å²) in [5.74, 6) is -0.972. The molecule has 0 N–H and O–H groups in total. The van der Waals surface area contributed by atoms with Gasteiger partial charge in [0.05, 0.1) is 6.54 Å². The van der Waals surface area contributed by atoms with Gasteiger partial charge in [-0.1, -0.05) is 42.0 Å². The van der Waals surface area contributed by atoms with Gasteiger partial charge in [0.25, 0.3) is 5.91 Å². The summed E-state index contributed by atoms with van der Waals surface area (Å²) >= 11 is 1.56. The molecule has 1 aromatic carbocycles. The van der Waals surface area contributed by atoms with Crippen LogP contribution in [0.25, 0.3) is 0 Å². The van der Waals surface area contributed by atoms with E-state index < -0.39 is 11.7 Å². The van der Waals surface area contributed by atoms with Crippen molar-refractivity contribution in [2.45, 2.75) is 13.5 Å². The maximum atomic E-state index is 12.4. The Hall–Kier alpha value is -2.20. The third kappa shape index (κ3) is 3.89. The summed E-state index contributed by atoms with van der Waals surface area (Å²) in [6.07, 6.45) is 1.63. The van der Waals surface area contributed by atoms with Crippen LogP contribution in [0.15, 0.2) is 54.4 Å². The molecule has 2 aromatic rings. The topological polar surface area (TPSA) is 37.4 Å². The van der Waals surface area contributed by atoms with Crippen LogP contribution in [0, 0.1) is 6.92 Å². The lowest BCUT2D eigenvalue weighted by Gasteiger charge is -2.19. The number of amides is 1. The second kappa shape index (κ2) is 6.99. The average Bonchev–Trinajstić information content (AvgIpc) is 2.99. The van der Waals surface area contributed by atoms with Crippen LogP contribution in [-0.4, -0.2) is 23.1 Å². The molecular weight excluding hydrogens is 282 g/mol. The second-order valence-electron chi connectivity index (χ2n) is 4.75. The van der Waals surface area contributed by atoms with Crippen LogP contribution in [0.4, 0.5) is 0 Å². The summed E-state index contributed by atoms with van der Waals surface area (Å²) in [4.78, 5) is 27.2. The van der Waals surface area contributed by atoms with Gasteiger partial charge in [-0.3, -0.25) is 9.59 Å². The smallest absolute Gasteiger partial charge is 0.295 e. The summed E-state index contributed by atoms with van der Waals surface area (Å²) in [5.41, 5.74) is 1.48. The van der Waals surface area contributed by atoms with Crippen LogP contribution in [0.1, 0.15) is 20.8 Å². The fourth-order valence-electron chi connectivity index (χ4n) is 1.94. The van der Waals surface area contributed by atoms with Crippen LogP contribution in [0.5, 0.6) is 0 Å². The number of Topliss-reactive ketones (excluding diaryl/α,β-unsaturated/α-hetero) is 1. The van der Waals surface area contributed by atoms with Crippen molar-refractivity contribution < 1.29 is 9.59 Å². The van der Waals surface area contributed by atoms with E-state index in [0.29, 0.717) is 18.7 Å². The first-order valence-corrected chi connectivity index (χ1v) is 7.53. The molecule has 0 aliphatic carbocycles. The average molecular weight is 299 g/mol. The van der Waals surface area contributed by atoms with Gasteiger partial charge >= 0.3 is 0 Å². The molecule has 0 radical (unpaired) electrons. The van der Waals surface area contributed by atoms with Gasteiger partial charge in [0.15, 0.2) is 0 Å². The Morgan fingerprint density at radius 2 is 1.95 bits per heavy atom. The fraction of sp³-hybridized carbons (Fsp3) is 0.176. The van der Waals surface area contributed by atoms with Gasteiger partial charge in [0.2, 0.25) is 5.78 Å². The molecule has 0 saturated carbocycles. The highest BCUT2D eigenvalue weighted by Crippen LogP contribution is 2.13. The minimum atomic E-state index is -0.493. The second-order valence-corrected chi connectivity index (χ2v) is 5.78. The van der Waals surface area contributed by atoms with Crippen molar-refractivity contribution in [3.63, 3.8) is 0 Å². The number of rotatable bonds is 6. The van der Waals surface area contributed by atoms with E-state index in [1.807, 2.05) is 36.6 Å². The van der Waals surface area contributed by atoms with Crippen molar-refractivity contribution in [3.05, 3.63) is 70.4 Å². The van der Waals surface area contributed by atoms with Crippen molar-refractivity contribution in [3.8, 4) is 0 Å². The lowest BCUT2D eigenvalue weighted by molar-refractivity contribution is -0.126. The largest absolute Gasteiger partial charge is 0.327 e. The molecule has 2 rings (SSSR count). The van der Waals surface area contributed by atoms with Crippen LogP contribution >= 0.6 is 11.3 Å². The number of carbonyl (C=O) groups is 2. The number of benzene rings is 1. The number of thiophene rings is 1. The normalized spacial score (nSPS) is 10.1. The Bertz CT molecular complexity index is 629. The number of hydrogen-bond acceptors (Lipinski definition) is 3. The first kappa shape index (κ1) is 15.2. The van der Waals surface area contributed by atoms with Gasteiger partial charge in [0.1, 0.15) is 0 Å². The van der Waals surface area contributed by atoms with E-state index >= 15 is 0 Å². The molecule has 0 atom stereocenters. The Morgan fingerprint density at radius 3 is 2.52 bits per heavy atom. The molecule has 0 bridgehead atoms. The highest BCUT2D eigenvalue weighted by molar-refractivity contribution is 7.09. The summed E-state index contributed by atoms with van der Waals surface area (Å²) in [6.45, 7) is 6.38. The van der Waals surface area contributed by atoms with Crippen LogP contribution in [0.2, 0.25) is 0 Å². The van der Waals surface area contributed by atoms with Crippen LogP contribution in [0.3, 0.4) is 0 Å². The maximum absolute atomic E-state index is 12.4. The van der Waals surface area contributed by atoms with Gasteiger partial charge < -0.3 is 4.90 Å². The monoisotopic (exact) mass is 299 g/mol. The van der Waals surface area contributed by atoms with E-state index in [-0.39, 0.29) is 0 Å². The standard InChI is InChI=1S/C17H17NO2S/c1-3-10-18(12-15-5-4-11-21-15)17(20)16(19)14-8-6-13(2)7-9-14/h3-9,11H,1,10,12H2,2H3. The lowest BCUT2D eigenvalue weighted by Crippen LogP contribution is -2.36. The Labute approximate surface area is 128 Å². The van der Waals surface area contributed by atoms with Crippen molar-refractivity contribution in [2.75, 3.05) is 6.54 Å². The highest BCUT2D eigenvalue weighted by atomic mass is 32.1. The quantitative estimate of drug-likeness (QED) is 0.465. The lowest BCUT2D eigenvalue weighted by atomic mass is 10.1. The molecule has 0 spiro atoms. The van der Waals surface area contributed by atoms with Crippen LogP contribution < -0.4 is 0 Å². The fourth-order valence-corrected chi connectivity index (χ4v) is 2.66. The van der Waals surface area contributed by atoms with E-state index in [1.54, 1.807) is 29.5 Å². The van der Waals surface area contributed by atoms with Gasteiger partial charge in [-0.05, 0) is 18.4 Å². The third-order valence-corrected chi connectivity index (χ3v) is 3.93. The zero-order valence-corrected chi connectivity index (χ0v) is 12.7. The van der Waals surface area contributed by atoms with Gasteiger partial charge in [-0.25, -0.2) is 0 Å². The molecule has 0 saturated heterocycles. The van der Waals surface area contributed by atoms with E-state index in [1.165, 1.54) is 4.90 Å². The Balaban J connectivity index is 2.15. The van der Waals surface area contributed by atoms with Crippen molar-refractivity contribution in [1.82, 2.24) is 4.90 Å². The van der Waals surface area contributed by atoms with E-state index in [0.717, 1.165) is 10.4 Å². The number of hydrogen-bond donors (Lipinski definition) is 0. The van der Waals surface area contributed by atoms with E-state index in [4.69, 9.17) is 0 Å². The molecule has 0 aliphatic rings. The molecule has 0 unspecified atom stereocenters. The SMILES string of the molecule is C=CCN(Cc1cccs1)C(=O)C(=O)c1ccc(C)cc1. The highest BCUT2D eigenvalue weighted by Gasteiger charge is 2.22. The maximum Gasteiger partial charge on any atom is 0.295 e. The van der Waals surface area contributed by atoms with E-state index in [9.17, 15) is 9.59 Å². The predicted molar refractivity (Wildman–Crippen MR) is 85.4 cm³/mol. The summed E-state index contributed by atoms with van der Waals surface area (Å²) in [5, 5.41) is 1.95. The van der Waals surface area contributed by atoms with E-state index in [2.05, 4.69) is 6.58 Å². The Kier molecular flexibility index (Phi) is 5.06. The van der Waals surface area contributed by atoms with Crippen LogP contribution in [-0.2, 0) is 11.3 Å². The summed E-state index contributed by atoms with van der Waals surface area (Å²) in [6, 6.07) is 10.9. The minimum absolute atomic E-state index is 0.355. The molecule has 108 valence electrons. The molecule has 0 aliphatic heterocycles. The van der Waals surface area contributed by atoms with Crippen molar-refractivity contribution in [2.24, 2.45) is 0 Å². The number of carbonyl (C=O) groups excluding carboxylic acids is 2. The zero-order chi connectivity index (χ0) is 15.2. The molecule has 3 nitrogen and oxygen atoms in total. The predicted octanol–water partition coefficient (Wildman–Crippen LogP) is 3.45. The molecule has 4 heteroatoms. The molecule has 1 amide bonds. The molecular formula is C17H17NO2S. The van der Waals surface area contributed by atoms with Gasteiger partial charge in [-0.2, -0.15) is 0 Å². The number of aryl methyl sites for hydroxylation is 1. The first-order chi connectivity index (χ1) is 10.1. The molecule has 1 heterocycles. The molecule has 21 heavy (non-hydrogen) atoms. The first-order valence-electron chi connectivity index (χ1n) is 6.65. The summed E-state index contributed by atoms with van der Waals surface area (Å²) in [7, 11) is 0. The molecule has 0 fully saturated rings. The van der Waals surface area contributed by atoms with Gasteiger partial charge in [0, 0.05) is 17.0 Å². The third-order valence-electron chi connectivity index (χ3n) is 3.07. The zero-order valence-electron chi connectivity index (χ0n) is 11.9. The minimum Gasteiger partial charge on any atom is -0.327 e. The Morgan fingerprint density at radius 1 is 1.24 bits per heavy atom. The van der Waals surface area contributed by atoms with Crippen molar-refractivity contribution in [1.29, 1.82) is 0 Å². The van der Waals surface area contributed by atoms with Gasteiger partial charge in [-0.15, -0.1) is 17.9 Å².